The third-order valence-electron chi connectivity index (χ3n) is 9.53. The smallest absolute Gasteiger partial charge is 0.329 e. The zero-order chi connectivity index (χ0) is 32.6. The largest absolute Gasteiger partial charge is 0.504 e. The molecule has 0 saturated carbocycles. The maximum atomic E-state index is 13.4. The summed E-state index contributed by atoms with van der Waals surface area (Å²) in [6, 6.07) is 0.815. The summed E-state index contributed by atoms with van der Waals surface area (Å²) in [4.78, 5) is 40.1. The van der Waals surface area contributed by atoms with Crippen molar-refractivity contribution in [2.24, 2.45) is 0 Å². The molecule has 13 nitrogen and oxygen atoms in total. The molecule has 2 aromatic rings. The summed E-state index contributed by atoms with van der Waals surface area (Å²) in [5.41, 5.74) is 4.22. The molecule has 0 aromatic heterocycles. The third kappa shape index (κ3) is 4.47. The predicted octanol–water partition coefficient (Wildman–Crippen LogP) is 2.39. The summed E-state index contributed by atoms with van der Waals surface area (Å²) in [5, 5.41) is 28.3. The van der Waals surface area contributed by atoms with Gasteiger partial charge in [0.2, 0.25) is 12.7 Å². The van der Waals surface area contributed by atoms with E-state index >= 15 is 0 Å². The predicted molar refractivity (Wildman–Crippen MR) is 163 cm³/mol. The normalized spacial score (nSPS) is 29.0. The van der Waals surface area contributed by atoms with Crippen LogP contribution in [-0.2, 0) is 25.5 Å². The van der Waals surface area contributed by atoms with Crippen LogP contribution in [0.25, 0.3) is 0 Å². The van der Waals surface area contributed by atoms with Crippen molar-refractivity contribution < 1.29 is 43.2 Å². The van der Waals surface area contributed by atoms with Gasteiger partial charge in [0.25, 0.3) is 0 Å². The molecule has 5 heterocycles. The van der Waals surface area contributed by atoms with Gasteiger partial charge in [-0.15, -0.1) is 11.8 Å². The van der Waals surface area contributed by atoms with Gasteiger partial charge in [-0.05, 0) is 31.4 Å². The molecule has 5 aliphatic rings. The Kier molecular flexibility index (Phi) is 7.45. The number of thioether (sulfide) groups is 1. The summed E-state index contributed by atoms with van der Waals surface area (Å²) in [6.45, 7) is 6.09. The molecular formula is C32H34N4O9S. The second kappa shape index (κ2) is 11.3. The first-order valence-electron chi connectivity index (χ1n) is 15.1. The summed E-state index contributed by atoms with van der Waals surface area (Å²) < 4.78 is 29.4. The van der Waals surface area contributed by atoms with E-state index in [0.717, 1.165) is 11.1 Å². The van der Waals surface area contributed by atoms with Gasteiger partial charge in [0.15, 0.2) is 23.0 Å². The first-order chi connectivity index (χ1) is 22.0. The number of hydrogen-bond acceptors (Lipinski definition) is 13. The highest BCUT2D eigenvalue weighted by molar-refractivity contribution is 7.99. The van der Waals surface area contributed by atoms with Crippen LogP contribution in [0.15, 0.2) is 6.07 Å². The van der Waals surface area contributed by atoms with E-state index in [1.165, 1.54) is 32.7 Å². The van der Waals surface area contributed by atoms with Crippen molar-refractivity contribution in [1.82, 2.24) is 15.5 Å². The average molecular weight is 651 g/mol. The fourth-order valence-corrected chi connectivity index (χ4v) is 9.43. The van der Waals surface area contributed by atoms with Gasteiger partial charge in [0, 0.05) is 53.9 Å². The fourth-order valence-electron chi connectivity index (χ4n) is 7.92. The zero-order valence-corrected chi connectivity index (χ0v) is 26.8. The second-order valence-corrected chi connectivity index (χ2v) is 13.4. The van der Waals surface area contributed by atoms with Crippen LogP contribution >= 0.6 is 11.8 Å². The number of hydrogen-bond donors (Lipinski definition) is 3. The van der Waals surface area contributed by atoms with E-state index in [9.17, 15) is 24.8 Å². The van der Waals surface area contributed by atoms with Gasteiger partial charge >= 0.3 is 11.9 Å². The highest BCUT2D eigenvalue weighted by Gasteiger charge is 2.59. The number of nitrogens with zero attached hydrogens (tertiary/aromatic N) is 2. The Morgan fingerprint density at radius 1 is 1.15 bits per heavy atom. The van der Waals surface area contributed by atoms with Crippen LogP contribution in [-0.4, -0.2) is 78.3 Å². The number of ether oxygens (including phenoxy) is 5. The lowest BCUT2D eigenvalue weighted by molar-refractivity contribution is -0.150. The minimum Gasteiger partial charge on any atom is -0.504 e. The molecule has 242 valence electrons. The minimum absolute atomic E-state index is 0.0200. The minimum atomic E-state index is -0.947. The SMILES string of the molecule is COc1c(C)cc2c(c1O)[C@H]1N[C@H](C2)[C@H](C#N)N2[C@H]1[C@@H]1SCC(NC(C)=O)C(=O)OC[C@H]2c2c3c(c(C)c(OC(C)=O)c21)OCO3. The standard InChI is InChI=1S/C32H34N4O9S/c1-12-6-16-7-17-19(8-33)36-20-9-42-32(40)18(34-14(3)37)10-46-31(25(36)24(35-17)21(16)26(39)27(12)41-5)23-22(20)30-29(43-11-44-30)13(2)28(23)45-15(4)38/h6,17-20,24-25,31,35,39H,7,9-11H2,1-5H3,(H,34,37)/t17-,18?,19+,20+,24-,25-,31-/m1/s1. The monoisotopic (exact) mass is 650 g/mol. The van der Waals surface area contributed by atoms with Crippen molar-refractivity contribution in [3.63, 3.8) is 0 Å². The number of piperazine rings is 1. The first kappa shape index (κ1) is 30.5. The number of phenolic OH excluding ortho intramolecular Hbond substituents is 1. The Hall–Kier alpha value is -4.19. The summed E-state index contributed by atoms with van der Waals surface area (Å²) in [7, 11) is 1.51. The van der Waals surface area contributed by atoms with Gasteiger partial charge in [0.1, 0.15) is 24.4 Å². The number of rotatable bonds is 3. The lowest BCUT2D eigenvalue weighted by Gasteiger charge is -2.59. The van der Waals surface area contributed by atoms with Crippen molar-refractivity contribution in [1.29, 1.82) is 5.26 Å². The Balaban J connectivity index is 1.52. The third-order valence-corrected chi connectivity index (χ3v) is 10.9. The molecule has 2 aromatic carbocycles. The lowest BCUT2D eigenvalue weighted by atomic mass is 9.72. The number of carbonyl (C=O) groups excluding carboxylic acids is 3. The van der Waals surface area contributed by atoms with E-state index in [1.807, 2.05) is 13.0 Å². The summed E-state index contributed by atoms with van der Waals surface area (Å²) in [5.74, 6) is 0.189. The number of aromatic hydroxyl groups is 1. The van der Waals surface area contributed by atoms with E-state index in [4.69, 9.17) is 23.7 Å². The summed E-state index contributed by atoms with van der Waals surface area (Å²) in [6.07, 6.45) is 0.470. The average Bonchev–Trinajstić information content (AvgIpc) is 3.50. The van der Waals surface area contributed by atoms with Crippen LogP contribution in [0.4, 0.5) is 0 Å². The molecule has 0 radical (unpaired) electrons. The number of esters is 2. The first-order valence-corrected chi connectivity index (χ1v) is 16.1. The molecule has 7 rings (SSSR count). The Bertz CT molecular complexity index is 1720. The topological polar surface area (TPSA) is 169 Å². The molecule has 46 heavy (non-hydrogen) atoms. The summed E-state index contributed by atoms with van der Waals surface area (Å²) >= 11 is 1.38. The Morgan fingerprint density at radius 2 is 1.91 bits per heavy atom. The fraction of sp³-hybridized carbons (Fsp3) is 0.500. The maximum Gasteiger partial charge on any atom is 0.329 e. The quantitative estimate of drug-likeness (QED) is 0.327. The van der Waals surface area contributed by atoms with Gasteiger partial charge in [-0.3, -0.25) is 14.5 Å². The lowest BCUT2D eigenvalue weighted by Crippen LogP contribution is -2.69. The number of nitrogens with one attached hydrogen (secondary N) is 2. The molecular weight excluding hydrogens is 616 g/mol. The number of fused-ring (bicyclic) bond motifs is 9. The van der Waals surface area contributed by atoms with Gasteiger partial charge in [0.05, 0.1) is 30.5 Å². The van der Waals surface area contributed by atoms with Crippen molar-refractivity contribution in [2.45, 2.75) is 75.6 Å². The van der Waals surface area contributed by atoms with E-state index in [2.05, 4.69) is 21.6 Å². The molecule has 3 N–H and O–H groups in total. The van der Waals surface area contributed by atoms with Gasteiger partial charge in [-0.2, -0.15) is 5.26 Å². The molecule has 2 fully saturated rings. The van der Waals surface area contributed by atoms with E-state index in [0.29, 0.717) is 51.7 Å². The number of amides is 1. The highest BCUT2D eigenvalue weighted by atomic mass is 32.2. The number of cyclic esters (lactones) is 1. The number of nitriles is 1. The van der Waals surface area contributed by atoms with Crippen LogP contribution in [0.1, 0.15) is 64.6 Å². The number of phenols is 1. The second-order valence-electron chi connectivity index (χ2n) is 12.2. The zero-order valence-electron chi connectivity index (χ0n) is 26.0. The number of methoxy groups -OCH3 is 1. The van der Waals surface area contributed by atoms with Crippen molar-refractivity contribution in [3.05, 3.63) is 39.4 Å². The molecule has 14 heteroatoms. The van der Waals surface area contributed by atoms with Gasteiger partial charge in [-0.1, -0.05) is 6.07 Å². The molecule has 2 saturated heterocycles. The molecule has 4 bridgehead atoms. The Morgan fingerprint density at radius 3 is 2.61 bits per heavy atom. The van der Waals surface area contributed by atoms with E-state index in [-0.39, 0.29) is 36.9 Å². The van der Waals surface area contributed by atoms with Crippen LogP contribution < -0.4 is 29.6 Å². The van der Waals surface area contributed by atoms with Crippen LogP contribution in [0.2, 0.25) is 0 Å². The van der Waals surface area contributed by atoms with Crippen molar-refractivity contribution in [2.75, 3.05) is 26.3 Å². The van der Waals surface area contributed by atoms with Crippen LogP contribution in [0.3, 0.4) is 0 Å². The molecule has 0 aliphatic carbocycles. The Labute approximate surface area is 269 Å². The van der Waals surface area contributed by atoms with Gasteiger partial charge in [-0.25, -0.2) is 4.79 Å². The maximum absolute atomic E-state index is 13.4. The van der Waals surface area contributed by atoms with Crippen molar-refractivity contribution >= 4 is 29.6 Å². The van der Waals surface area contributed by atoms with E-state index in [1.54, 1.807) is 6.92 Å². The van der Waals surface area contributed by atoms with Crippen LogP contribution in [0.5, 0.6) is 28.7 Å². The van der Waals surface area contributed by atoms with E-state index < -0.39 is 47.4 Å². The molecule has 0 spiro atoms. The number of aryl methyl sites for hydroxylation is 1. The molecule has 5 aliphatic heterocycles. The highest BCUT2D eigenvalue weighted by Crippen LogP contribution is 2.62. The molecule has 1 unspecified atom stereocenters. The van der Waals surface area contributed by atoms with Gasteiger partial charge < -0.3 is 39.4 Å². The number of carbonyl (C=O) groups is 3. The van der Waals surface area contributed by atoms with Crippen LogP contribution in [0, 0.1) is 25.2 Å². The molecule has 1 amide bonds. The molecule has 7 atom stereocenters. The number of benzene rings is 2. The van der Waals surface area contributed by atoms with Crippen molar-refractivity contribution in [3.8, 4) is 34.8 Å².